The molecule has 14 heavy (non-hydrogen) atoms. The Labute approximate surface area is 73.1 Å². The molecule has 0 aromatic rings. The average Bonchev–Trinajstić information content (AvgIpc) is 1.80. The third kappa shape index (κ3) is 7.51. The lowest BCUT2D eigenvalue weighted by Crippen LogP contribution is -2.36. The van der Waals surface area contributed by atoms with E-state index in [-0.39, 0.29) is 0 Å². The summed E-state index contributed by atoms with van der Waals surface area (Å²) in [6, 6.07) is 0. The maximum Gasteiger partial charge on any atom is 0.693 e. The topological polar surface area (TPSA) is 193 Å². The number of hydrogen-bond donors (Lipinski definition) is 1. The smallest absolute Gasteiger partial charge is 0.328 e. The normalized spacial score (nSPS) is 8.36. The van der Waals surface area contributed by atoms with Crippen LogP contribution in [0.4, 0.5) is 0 Å². The maximum atomic E-state index is 9.50. The molecule has 0 bridgehead atoms. The van der Waals surface area contributed by atoms with E-state index in [9.17, 15) is 30.3 Å². The number of nitrogens with zero attached hydrogens (tertiary/aromatic N) is 4. The first-order chi connectivity index (χ1) is 6.20. The van der Waals surface area contributed by atoms with Crippen LogP contribution in [-0.2, 0) is 0 Å². The van der Waals surface area contributed by atoms with Gasteiger partial charge in [-0.25, -0.2) is 0 Å². The molecule has 0 aromatic carbocycles. The van der Waals surface area contributed by atoms with Gasteiger partial charge in [0.05, 0.1) is 0 Å². The van der Waals surface area contributed by atoms with E-state index in [0.29, 0.717) is 0 Å². The molecule has 0 aliphatic heterocycles. The van der Waals surface area contributed by atoms with Crippen molar-refractivity contribution in [1.82, 2.24) is 0 Å². The second-order valence-corrected chi connectivity index (χ2v) is 1.44. The van der Waals surface area contributed by atoms with Gasteiger partial charge in [-0.1, -0.05) is 0 Å². The van der Waals surface area contributed by atoms with Crippen molar-refractivity contribution >= 4 is 0 Å². The lowest BCUT2D eigenvalue weighted by atomic mass is 10.9. The van der Waals surface area contributed by atoms with Crippen molar-refractivity contribution in [2.75, 3.05) is 0 Å². The van der Waals surface area contributed by atoms with Crippen LogP contribution < -0.4 is 0 Å². The average molecular weight is 214 g/mol. The number of nitro groups is 3. The van der Waals surface area contributed by atoms with Gasteiger partial charge in [0.15, 0.2) is 14.8 Å². The SMILES string of the molecule is O=[N+]([O-])C([N+](=O)[O-])[N+](=O)[O-].O=[N+]([O-])O. The van der Waals surface area contributed by atoms with Gasteiger partial charge in [-0.15, -0.1) is 10.1 Å². The molecule has 0 saturated carbocycles. The summed E-state index contributed by atoms with van der Waals surface area (Å²) in [5.41, 5.74) is 0. The summed E-state index contributed by atoms with van der Waals surface area (Å²) < 4.78 is 0. The van der Waals surface area contributed by atoms with Crippen LogP contribution in [0.2, 0.25) is 0 Å². The molecule has 0 aromatic heterocycles. The maximum absolute atomic E-state index is 9.50. The molecular formula is CH2N4O9. The Balaban J connectivity index is 0. The standard InChI is InChI=1S/CHN3O6.HNO3/c5-2(6)1(3(7)8)4(9)10;2-1(3)4/h1H;(H,2,3,4). The van der Waals surface area contributed by atoms with Gasteiger partial charge in [0.1, 0.15) is 0 Å². The lowest BCUT2D eigenvalue weighted by Gasteiger charge is -1.90. The fourth-order valence-electron chi connectivity index (χ4n) is 0.231. The predicted octanol–water partition coefficient (Wildman–Crippen LogP) is -1.25. The van der Waals surface area contributed by atoms with E-state index in [1.165, 1.54) is 0 Å². The summed E-state index contributed by atoms with van der Waals surface area (Å²) in [5, 5.41) is 42.2. The molecule has 80 valence electrons. The molecule has 13 heteroatoms. The van der Waals surface area contributed by atoms with Crippen molar-refractivity contribution < 1.29 is 25.1 Å². The predicted molar refractivity (Wildman–Crippen MR) is 33.6 cm³/mol. The van der Waals surface area contributed by atoms with Gasteiger partial charge in [-0.2, -0.15) is 0 Å². The highest BCUT2D eigenvalue weighted by Crippen LogP contribution is 1.90. The Morgan fingerprint density at radius 3 is 0.929 bits per heavy atom. The van der Waals surface area contributed by atoms with Crippen LogP contribution in [0.5, 0.6) is 0 Å². The van der Waals surface area contributed by atoms with Crippen molar-refractivity contribution in [3.63, 3.8) is 0 Å². The molecule has 0 heterocycles. The van der Waals surface area contributed by atoms with Crippen LogP contribution in [0.3, 0.4) is 0 Å². The summed E-state index contributed by atoms with van der Waals surface area (Å²) >= 11 is 0. The van der Waals surface area contributed by atoms with E-state index in [1.54, 1.807) is 0 Å². The first kappa shape index (κ1) is 14.0. The van der Waals surface area contributed by atoms with E-state index in [4.69, 9.17) is 15.3 Å². The second-order valence-electron chi connectivity index (χ2n) is 1.44. The quantitative estimate of drug-likeness (QED) is 0.339. The molecule has 1 N–H and O–H groups in total. The van der Waals surface area contributed by atoms with Crippen LogP contribution in [0, 0.1) is 40.5 Å². The Morgan fingerprint density at radius 2 is 0.929 bits per heavy atom. The first-order valence-corrected chi connectivity index (χ1v) is 2.44. The third-order valence-corrected chi connectivity index (χ3v) is 0.566. The molecule has 0 spiro atoms. The lowest BCUT2D eigenvalue weighted by molar-refractivity contribution is -0.912. The van der Waals surface area contributed by atoms with Crippen LogP contribution in [-0.4, -0.2) is 31.4 Å². The largest absolute Gasteiger partial charge is 0.693 e. The van der Waals surface area contributed by atoms with Gasteiger partial charge in [0.2, 0.25) is 0 Å². The summed E-state index contributed by atoms with van der Waals surface area (Å²) in [5.74, 6) is 0. The van der Waals surface area contributed by atoms with Gasteiger partial charge in [0, 0.05) is 0 Å². The highest BCUT2D eigenvalue weighted by molar-refractivity contribution is 4.19. The minimum absolute atomic E-state index is 1.50. The van der Waals surface area contributed by atoms with Crippen molar-refractivity contribution in [3.8, 4) is 0 Å². The molecule has 0 amide bonds. The molecule has 0 unspecified atom stereocenters. The van der Waals surface area contributed by atoms with E-state index in [1.807, 2.05) is 0 Å². The van der Waals surface area contributed by atoms with Crippen LogP contribution in [0.1, 0.15) is 0 Å². The summed E-state index contributed by atoms with van der Waals surface area (Å²) in [4.78, 5) is 32.1. The zero-order chi connectivity index (χ0) is 11.9. The van der Waals surface area contributed by atoms with Gasteiger partial charge >= 0.3 is 6.29 Å². The van der Waals surface area contributed by atoms with Crippen molar-refractivity contribution in [1.29, 1.82) is 0 Å². The van der Waals surface area contributed by atoms with E-state index >= 15 is 0 Å². The van der Waals surface area contributed by atoms with E-state index in [2.05, 4.69) is 0 Å². The fraction of sp³-hybridized carbons (Fsp3) is 1.00. The molecule has 0 atom stereocenters. The first-order valence-electron chi connectivity index (χ1n) is 2.44. The monoisotopic (exact) mass is 214 g/mol. The van der Waals surface area contributed by atoms with Crippen molar-refractivity contribution in [2.45, 2.75) is 6.29 Å². The molecule has 13 nitrogen and oxygen atoms in total. The fourth-order valence-corrected chi connectivity index (χ4v) is 0.231. The third-order valence-electron chi connectivity index (χ3n) is 0.566. The molecule has 0 radical (unpaired) electrons. The Bertz CT molecular complexity index is 220. The zero-order valence-corrected chi connectivity index (χ0v) is 6.08. The van der Waals surface area contributed by atoms with Gasteiger partial charge in [-0.05, 0) is 0 Å². The van der Waals surface area contributed by atoms with Crippen LogP contribution in [0.25, 0.3) is 0 Å². The van der Waals surface area contributed by atoms with Crippen LogP contribution in [0.15, 0.2) is 0 Å². The van der Waals surface area contributed by atoms with Crippen molar-refractivity contribution in [3.05, 3.63) is 40.5 Å². The van der Waals surface area contributed by atoms with E-state index in [0.717, 1.165) is 0 Å². The Morgan fingerprint density at radius 1 is 0.786 bits per heavy atom. The number of rotatable bonds is 3. The highest BCUT2D eigenvalue weighted by atomic mass is 16.9. The second kappa shape index (κ2) is 5.98. The van der Waals surface area contributed by atoms with Gasteiger partial charge in [0.25, 0.3) is 5.09 Å². The molecular weight excluding hydrogens is 212 g/mol. The van der Waals surface area contributed by atoms with Crippen LogP contribution >= 0.6 is 0 Å². The zero-order valence-electron chi connectivity index (χ0n) is 6.08. The minimum Gasteiger partial charge on any atom is -0.328 e. The number of hydrogen-bond acceptors (Lipinski definition) is 8. The Hall–Kier alpha value is -2.60. The molecule has 0 aliphatic carbocycles. The molecule has 0 rings (SSSR count). The molecule has 0 fully saturated rings. The molecule has 0 aliphatic rings. The van der Waals surface area contributed by atoms with E-state index < -0.39 is 26.1 Å². The minimum atomic E-state index is -2.94. The Kier molecular flexibility index (Phi) is 5.96. The summed E-state index contributed by atoms with van der Waals surface area (Å²) in [6.45, 7) is 0. The summed E-state index contributed by atoms with van der Waals surface area (Å²) in [7, 11) is 0. The van der Waals surface area contributed by atoms with Crippen molar-refractivity contribution in [2.24, 2.45) is 0 Å². The highest BCUT2D eigenvalue weighted by Gasteiger charge is 2.45. The molecule has 0 saturated heterocycles. The van der Waals surface area contributed by atoms with Gasteiger partial charge in [-0.3, -0.25) is 30.3 Å². The summed E-state index contributed by atoms with van der Waals surface area (Å²) in [6.07, 6.45) is -2.94. The van der Waals surface area contributed by atoms with Gasteiger partial charge < -0.3 is 5.21 Å².